The van der Waals surface area contributed by atoms with Crippen LogP contribution in [0, 0.1) is 12.8 Å². The number of rotatable bonds is 6. The predicted molar refractivity (Wildman–Crippen MR) is 124 cm³/mol. The molecule has 0 aromatic heterocycles. The highest BCUT2D eigenvalue weighted by atomic mass is 16.5. The normalized spacial score (nSPS) is 18.4. The van der Waals surface area contributed by atoms with Gasteiger partial charge in [0.1, 0.15) is 5.75 Å². The summed E-state index contributed by atoms with van der Waals surface area (Å²) in [5.41, 5.74) is 4.27. The summed E-state index contributed by atoms with van der Waals surface area (Å²) in [4.78, 5) is 52.7. The molecule has 2 saturated heterocycles. The zero-order chi connectivity index (χ0) is 23.7. The first-order valence-corrected chi connectivity index (χ1v) is 11.4. The van der Waals surface area contributed by atoms with Gasteiger partial charge in [-0.1, -0.05) is 32.0 Å². The molecule has 2 heterocycles. The SMILES string of the molecule is CCc1cccc(CC)c1N1C[C@H](C(=O)Oc2ccc(N3C(=O)CCC3=O)c(C)c2)CC1=O. The second kappa shape index (κ2) is 9.17. The van der Waals surface area contributed by atoms with Gasteiger partial charge in [-0.05, 0) is 54.7 Å². The van der Waals surface area contributed by atoms with E-state index in [1.165, 1.54) is 4.90 Å². The summed E-state index contributed by atoms with van der Waals surface area (Å²) in [5.74, 6) is -1.22. The molecule has 2 aromatic carbocycles. The average Bonchev–Trinajstić information content (AvgIpc) is 3.35. The van der Waals surface area contributed by atoms with Crippen LogP contribution in [0.5, 0.6) is 5.75 Å². The van der Waals surface area contributed by atoms with Crippen LogP contribution >= 0.6 is 0 Å². The molecular formula is C26H28N2O5. The summed E-state index contributed by atoms with van der Waals surface area (Å²) >= 11 is 0. The predicted octanol–water partition coefficient (Wildman–Crippen LogP) is 3.73. The lowest BCUT2D eigenvalue weighted by molar-refractivity contribution is -0.139. The van der Waals surface area contributed by atoms with E-state index in [0.29, 0.717) is 17.0 Å². The third-order valence-corrected chi connectivity index (χ3v) is 6.37. The van der Waals surface area contributed by atoms with Crippen molar-refractivity contribution in [3.8, 4) is 5.75 Å². The van der Waals surface area contributed by atoms with E-state index in [-0.39, 0.29) is 43.5 Å². The maximum absolute atomic E-state index is 12.9. The van der Waals surface area contributed by atoms with E-state index < -0.39 is 11.9 Å². The molecule has 0 saturated carbocycles. The van der Waals surface area contributed by atoms with Gasteiger partial charge in [0, 0.05) is 31.5 Å². The van der Waals surface area contributed by atoms with Crippen molar-refractivity contribution in [2.24, 2.45) is 5.92 Å². The van der Waals surface area contributed by atoms with E-state index in [0.717, 1.165) is 29.7 Å². The molecule has 7 heteroatoms. The molecule has 0 aliphatic carbocycles. The van der Waals surface area contributed by atoms with Crippen molar-refractivity contribution in [3.05, 3.63) is 53.1 Å². The van der Waals surface area contributed by atoms with Crippen molar-refractivity contribution in [3.63, 3.8) is 0 Å². The number of anilines is 2. The van der Waals surface area contributed by atoms with Crippen LogP contribution in [0.4, 0.5) is 11.4 Å². The van der Waals surface area contributed by atoms with Crippen molar-refractivity contribution in [1.82, 2.24) is 0 Å². The Balaban J connectivity index is 1.49. The summed E-state index contributed by atoms with van der Waals surface area (Å²) < 4.78 is 5.59. The third-order valence-electron chi connectivity index (χ3n) is 6.37. The molecule has 172 valence electrons. The van der Waals surface area contributed by atoms with Crippen molar-refractivity contribution in [2.45, 2.75) is 52.9 Å². The lowest BCUT2D eigenvalue weighted by atomic mass is 10.0. The van der Waals surface area contributed by atoms with E-state index in [9.17, 15) is 19.2 Å². The molecule has 0 radical (unpaired) electrons. The van der Waals surface area contributed by atoms with E-state index >= 15 is 0 Å². The maximum Gasteiger partial charge on any atom is 0.316 e. The zero-order valence-corrected chi connectivity index (χ0v) is 19.2. The lowest BCUT2D eigenvalue weighted by Crippen LogP contribution is -2.29. The highest BCUT2D eigenvalue weighted by Crippen LogP contribution is 2.34. The van der Waals surface area contributed by atoms with Gasteiger partial charge in [0.15, 0.2) is 0 Å². The quantitative estimate of drug-likeness (QED) is 0.382. The number of amides is 3. The fourth-order valence-corrected chi connectivity index (χ4v) is 4.63. The fourth-order valence-electron chi connectivity index (χ4n) is 4.63. The first-order chi connectivity index (χ1) is 15.8. The smallest absolute Gasteiger partial charge is 0.316 e. The highest BCUT2D eigenvalue weighted by molar-refractivity contribution is 6.20. The van der Waals surface area contributed by atoms with Crippen molar-refractivity contribution in [1.29, 1.82) is 0 Å². The molecule has 0 N–H and O–H groups in total. The molecule has 4 rings (SSSR count). The van der Waals surface area contributed by atoms with Crippen molar-refractivity contribution < 1.29 is 23.9 Å². The Morgan fingerprint density at radius 1 is 0.970 bits per heavy atom. The Labute approximate surface area is 193 Å². The molecular weight excluding hydrogens is 420 g/mol. The fraction of sp³-hybridized carbons (Fsp3) is 0.385. The standard InChI is InChI=1S/C26H28N2O5/c1-4-17-7-6-8-18(5-2)25(17)27-15-19(14-24(27)31)26(32)33-20-9-10-21(16(3)13-20)28-22(29)11-12-23(28)30/h6-10,13,19H,4-5,11-12,14-15H2,1-3H3/t19-/m1/s1. The summed E-state index contributed by atoms with van der Waals surface area (Å²) in [7, 11) is 0. The van der Waals surface area contributed by atoms with Crippen LogP contribution in [0.25, 0.3) is 0 Å². The number of carbonyl (C=O) groups is 4. The second-order valence-corrected chi connectivity index (χ2v) is 8.53. The lowest BCUT2D eigenvalue weighted by Gasteiger charge is -2.23. The minimum absolute atomic E-state index is 0.0786. The molecule has 2 aliphatic heterocycles. The number of esters is 1. The van der Waals surface area contributed by atoms with Crippen molar-refractivity contribution >= 4 is 35.1 Å². The van der Waals surface area contributed by atoms with Crippen molar-refractivity contribution in [2.75, 3.05) is 16.3 Å². The summed E-state index contributed by atoms with van der Waals surface area (Å²) in [5, 5.41) is 0. The molecule has 7 nitrogen and oxygen atoms in total. The van der Waals surface area contributed by atoms with Gasteiger partial charge < -0.3 is 9.64 Å². The minimum atomic E-state index is -0.561. The van der Waals surface area contributed by atoms with Gasteiger partial charge in [0.25, 0.3) is 0 Å². The highest BCUT2D eigenvalue weighted by Gasteiger charge is 2.38. The Hall–Kier alpha value is -3.48. The third kappa shape index (κ3) is 4.27. The number of imide groups is 1. The number of nitrogens with zero attached hydrogens (tertiary/aromatic N) is 2. The van der Waals surface area contributed by atoms with Crippen LogP contribution in [0.1, 0.15) is 49.8 Å². The topological polar surface area (TPSA) is 84.0 Å². The van der Waals surface area contributed by atoms with Gasteiger partial charge in [-0.15, -0.1) is 0 Å². The first kappa shape index (κ1) is 22.7. The molecule has 33 heavy (non-hydrogen) atoms. The number of para-hydroxylation sites is 1. The molecule has 2 aromatic rings. The van der Waals surface area contributed by atoms with Gasteiger partial charge >= 0.3 is 5.97 Å². The largest absolute Gasteiger partial charge is 0.426 e. The van der Waals surface area contributed by atoms with Gasteiger partial charge in [0.05, 0.1) is 11.6 Å². The molecule has 0 unspecified atom stereocenters. The number of hydrogen-bond donors (Lipinski definition) is 0. The Morgan fingerprint density at radius 2 is 1.61 bits per heavy atom. The molecule has 1 atom stereocenters. The number of hydrogen-bond acceptors (Lipinski definition) is 5. The molecule has 0 bridgehead atoms. The van der Waals surface area contributed by atoms with Gasteiger partial charge in [0.2, 0.25) is 17.7 Å². The number of aryl methyl sites for hydroxylation is 3. The molecule has 0 spiro atoms. The molecule has 3 amide bonds. The number of benzene rings is 2. The first-order valence-electron chi connectivity index (χ1n) is 11.4. The summed E-state index contributed by atoms with van der Waals surface area (Å²) in [6.45, 7) is 6.16. The van der Waals surface area contributed by atoms with Crippen LogP contribution in [0.2, 0.25) is 0 Å². The van der Waals surface area contributed by atoms with Crippen LogP contribution in [0.3, 0.4) is 0 Å². The van der Waals surface area contributed by atoms with Gasteiger partial charge in [-0.2, -0.15) is 0 Å². The Bertz CT molecular complexity index is 1100. The van der Waals surface area contributed by atoms with Gasteiger partial charge in [-0.3, -0.25) is 24.1 Å². The maximum atomic E-state index is 12.9. The zero-order valence-electron chi connectivity index (χ0n) is 19.2. The van der Waals surface area contributed by atoms with E-state index in [1.54, 1.807) is 30.0 Å². The van der Waals surface area contributed by atoms with E-state index in [1.807, 2.05) is 18.2 Å². The average molecular weight is 449 g/mol. The monoisotopic (exact) mass is 448 g/mol. The summed E-state index contributed by atoms with van der Waals surface area (Å²) in [6, 6.07) is 10.9. The van der Waals surface area contributed by atoms with Gasteiger partial charge in [-0.25, -0.2) is 0 Å². The van der Waals surface area contributed by atoms with Crippen LogP contribution in [0.15, 0.2) is 36.4 Å². The van der Waals surface area contributed by atoms with Crippen LogP contribution in [-0.2, 0) is 32.0 Å². The summed E-state index contributed by atoms with van der Waals surface area (Å²) in [6.07, 6.45) is 2.13. The Morgan fingerprint density at radius 3 is 2.18 bits per heavy atom. The van der Waals surface area contributed by atoms with Crippen LogP contribution < -0.4 is 14.5 Å². The van der Waals surface area contributed by atoms with E-state index in [2.05, 4.69) is 13.8 Å². The molecule has 2 aliphatic rings. The second-order valence-electron chi connectivity index (χ2n) is 8.53. The molecule has 2 fully saturated rings. The number of carbonyl (C=O) groups excluding carboxylic acids is 4. The minimum Gasteiger partial charge on any atom is -0.426 e. The number of ether oxygens (including phenoxy) is 1. The van der Waals surface area contributed by atoms with E-state index in [4.69, 9.17) is 4.74 Å². The van der Waals surface area contributed by atoms with Crippen LogP contribution in [-0.4, -0.2) is 30.2 Å². The Kier molecular flexibility index (Phi) is 6.31.